The summed E-state index contributed by atoms with van der Waals surface area (Å²) < 4.78 is 0. The van der Waals surface area contributed by atoms with E-state index in [1.807, 2.05) is 6.07 Å². The molecule has 1 saturated heterocycles. The Labute approximate surface area is 97.1 Å². The molecule has 0 radical (unpaired) electrons. The van der Waals surface area contributed by atoms with Gasteiger partial charge in [-0.15, -0.1) is 0 Å². The Morgan fingerprint density at radius 1 is 1.38 bits per heavy atom. The van der Waals surface area contributed by atoms with E-state index in [9.17, 15) is 5.11 Å². The number of rotatable bonds is 2. The lowest BCUT2D eigenvalue weighted by Crippen LogP contribution is -2.39. The molecule has 0 amide bonds. The number of aliphatic hydroxyl groups excluding tert-OH is 1. The van der Waals surface area contributed by atoms with Crippen molar-refractivity contribution in [3.05, 3.63) is 24.0 Å². The minimum absolute atomic E-state index is 0.0719. The van der Waals surface area contributed by atoms with Crippen LogP contribution < -0.4 is 4.90 Å². The summed E-state index contributed by atoms with van der Waals surface area (Å²) in [6.45, 7) is 6.83. The third-order valence-electron chi connectivity index (χ3n) is 3.26. The third kappa shape index (κ3) is 2.35. The topological polar surface area (TPSA) is 36.4 Å². The molecule has 2 rings (SSSR count). The fourth-order valence-electron chi connectivity index (χ4n) is 2.71. The first kappa shape index (κ1) is 11.4. The molecule has 2 unspecified atom stereocenters. The van der Waals surface area contributed by atoms with Crippen molar-refractivity contribution in [1.82, 2.24) is 4.98 Å². The van der Waals surface area contributed by atoms with Crippen molar-refractivity contribution in [2.24, 2.45) is 11.8 Å². The van der Waals surface area contributed by atoms with E-state index in [1.165, 1.54) is 6.42 Å². The first-order chi connectivity index (χ1) is 7.70. The molecule has 1 aromatic heterocycles. The van der Waals surface area contributed by atoms with Gasteiger partial charge in [-0.05, 0) is 24.3 Å². The number of pyridine rings is 1. The predicted octanol–water partition coefficient (Wildman–Crippen LogP) is 2.06. The van der Waals surface area contributed by atoms with Crippen LogP contribution in [-0.4, -0.2) is 23.2 Å². The fraction of sp³-hybridized carbons (Fsp3) is 0.615. The Hall–Kier alpha value is -1.09. The van der Waals surface area contributed by atoms with Crippen LogP contribution in [0.4, 0.5) is 5.69 Å². The van der Waals surface area contributed by atoms with Crippen molar-refractivity contribution >= 4 is 5.69 Å². The number of aromatic nitrogens is 1. The molecule has 88 valence electrons. The van der Waals surface area contributed by atoms with Gasteiger partial charge in [0.1, 0.15) is 0 Å². The van der Waals surface area contributed by atoms with Gasteiger partial charge in [-0.2, -0.15) is 0 Å². The van der Waals surface area contributed by atoms with E-state index < -0.39 is 0 Å². The van der Waals surface area contributed by atoms with E-state index in [-0.39, 0.29) is 6.61 Å². The van der Waals surface area contributed by atoms with E-state index in [0.29, 0.717) is 0 Å². The zero-order valence-electron chi connectivity index (χ0n) is 10.1. The average Bonchev–Trinajstić information content (AvgIpc) is 2.27. The summed E-state index contributed by atoms with van der Waals surface area (Å²) in [6.07, 6.45) is 4.87. The second-order valence-corrected chi connectivity index (χ2v) is 5.01. The van der Waals surface area contributed by atoms with Gasteiger partial charge in [0, 0.05) is 36.7 Å². The minimum Gasteiger partial charge on any atom is -0.392 e. The summed E-state index contributed by atoms with van der Waals surface area (Å²) >= 11 is 0. The van der Waals surface area contributed by atoms with Crippen LogP contribution in [0, 0.1) is 11.8 Å². The maximum atomic E-state index is 9.31. The first-order valence-corrected chi connectivity index (χ1v) is 5.99. The highest BCUT2D eigenvalue weighted by Gasteiger charge is 2.23. The van der Waals surface area contributed by atoms with Crippen molar-refractivity contribution in [2.75, 3.05) is 18.0 Å². The smallest absolute Gasteiger partial charge is 0.0717 e. The summed E-state index contributed by atoms with van der Waals surface area (Å²) in [6, 6.07) is 2.01. The van der Waals surface area contributed by atoms with Crippen molar-refractivity contribution in [2.45, 2.75) is 26.9 Å². The van der Waals surface area contributed by atoms with Gasteiger partial charge in [0.15, 0.2) is 0 Å². The molecule has 0 saturated carbocycles. The van der Waals surface area contributed by atoms with Crippen LogP contribution in [0.15, 0.2) is 18.5 Å². The SMILES string of the molecule is CC1CC(C)CN(c2ccncc2CO)C1. The number of nitrogens with zero attached hydrogens (tertiary/aromatic N) is 2. The molecule has 16 heavy (non-hydrogen) atoms. The van der Waals surface area contributed by atoms with E-state index in [2.05, 4.69) is 23.7 Å². The van der Waals surface area contributed by atoms with E-state index >= 15 is 0 Å². The molecule has 0 aromatic carbocycles. The van der Waals surface area contributed by atoms with Crippen LogP contribution >= 0.6 is 0 Å². The molecule has 1 fully saturated rings. The molecule has 1 N–H and O–H groups in total. The van der Waals surface area contributed by atoms with Crippen molar-refractivity contribution in [3.63, 3.8) is 0 Å². The van der Waals surface area contributed by atoms with Crippen LogP contribution in [0.1, 0.15) is 25.8 Å². The van der Waals surface area contributed by atoms with Crippen LogP contribution in [-0.2, 0) is 6.61 Å². The second kappa shape index (κ2) is 4.83. The maximum Gasteiger partial charge on any atom is 0.0717 e. The molecule has 2 heterocycles. The van der Waals surface area contributed by atoms with Crippen molar-refractivity contribution < 1.29 is 5.11 Å². The van der Waals surface area contributed by atoms with Crippen LogP contribution in [0.3, 0.4) is 0 Å². The minimum atomic E-state index is 0.0719. The zero-order valence-corrected chi connectivity index (χ0v) is 10.1. The summed E-state index contributed by atoms with van der Waals surface area (Å²) in [5.41, 5.74) is 2.08. The Balaban J connectivity index is 2.22. The third-order valence-corrected chi connectivity index (χ3v) is 3.26. The van der Waals surface area contributed by atoms with E-state index in [0.717, 1.165) is 36.2 Å². The molecule has 3 nitrogen and oxygen atoms in total. The quantitative estimate of drug-likeness (QED) is 0.828. The summed E-state index contributed by atoms with van der Waals surface area (Å²) in [7, 11) is 0. The molecular weight excluding hydrogens is 200 g/mol. The Bertz CT molecular complexity index is 344. The highest BCUT2D eigenvalue weighted by Crippen LogP contribution is 2.28. The maximum absolute atomic E-state index is 9.31. The highest BCUT2D eigenvalue weighted by atomic mass is 16.3. The standard InChI is InChI=1S/C13H20N2O/c1-10-5-11(2)8-15(7-10)13-3-4-14-6-12(13)9-16/h3-4,6,10-11,16H,5,7-9H2,1-2H3. The van der Waals surface area contributed by atoms with Gasteiger partial charge in [-0.3, -0.25) is 4.98 Å². The molecule has 0 spiro atoms. The summed E-state index contributed by atoms with van der Waals surface area (Å²) in [5, 5.41) is 9.31. The number of piperidine rings is 1. The Morgan fingerprint density at radius 3 is 2.69 bits per heavy atom. The van der Waals surface area contributed by atoms with Gasteiger partial charge in [0.05, 0.1) is 6.61 Å². The average molecular weight is 220 g/mol. The monoisotopic (exact) mass is 220 g/mol. The van der Waals surface area contributed by atoms with Gasteiger partial charge >= 0.3 is 0 Å². The lowest BCUT2D eigenvalue weighted by atomic mass is 9.91. The molecule has 1 aliphatic rings. The largest absolute Gasteiger partial charge is 0.392 e. The molecule has 1 aliphatic heterocycles. The van der Waals surface area contributed by atoms with Crippen LogP contribution in [0.2, 0.25) is 0 Å². The molecule has 3 heteroatoms. The first-order valence-electron chi connectivity index (χ1n) is 5.99. The fourth-order valence-corrected chi connectivity index (χ4v) is 2.71. The van der Waals surface area contributed by atoms with Crippen LogP contribution in [0.5, 0.6) is 0 Å². The number of hydrogen-bond donors (Lipinski definition) is 1. The zero-order chi connectivity index (χ0) is 11.5. The lowest BCUT2D eigenvalue weighted by Gasteiger charge is -2.37. The van der Waals surface area contributed by atoms with E-state index in [1.54, 1.807) is 12.4 Å². The van der Waals surface area contributed by atoms with Gasteiger partial charge in [-0.1, -0.05) is 13.8 Å². The van der Waals surface area contributed by atoms with Crippen molar-refractivity contribution in [3.8, 4) is 0 Å². The lowest BCUT2D eigenvalue weighted by molar-refractivity contribution is 0.280. The van der Waals surface area contributed by atoms with Gasteiger partial charge in [0.2, 0.25) is 0 Å². The number of hydrogen-bond acceptors (Lipinski definition) is 3. The Morgan fingerprint density at radius 2 is 2.06 bits per heavy atom. The predicted molar refractivity (Wildman–Crippen MR) is 65.3 cm³/mol. The Kier molecular flexibility index (Phi) is 3.44. The molecule has 0 aliphatic carbocycles. The second-order valence-electron chi connectivity index (χ2n) is 5.01. The van der Waals surface area contributed by atoms with Crippen molar-refractivity contribution in [1.29, 1.82) is 0 Å². The van der Waals surface area contributed by atoms with Crippen LogP contribution in [0.25, 0.3) is 0 Å². The van der Waals surface area contributed by atoms with E-state index in [4.69, 9.17) is 0 Å². The highest BCUT2D eigenvalue weighted by molar-refractivity contribution is 5.52. The number of aliphatic hydroxyl groups is 1. The van der Waals surface area contributed by atoms with Gasteiger partial charge < -0.3 is 10.0 Å². The normalized spacial score (nSPS) is 25.8. The molecule has 1 aromatic rings. The van der Waals surface area contributed by atoms with Gasteiger partial charge in [0.25, 0.3) is 0 Å². The molecule has 2 atom stereocenters. The summed E-state index contributed by atoms with van der Waals surface area (Å²) in [4.78, 5) is 6.44. The number of anilines is 1. The summed E-state index contributed by atoms with van der Waals surface area (Å²) in [5.74, 6) is 1.45. The van der Waals surface area contributed by atoms with Gasteiger partial charge in [-0.25, -0.2) is 0 Å². The molecule has 0 bridgehead atoms. The molecular formula is C13H20N2O.